The lowest BCUT2D eigenvalue weighted by molar-refractivity contribution is -0.147. The van der Waals surface area contributed by atoms with Gasteiger partial charge in [-0.15, -0.1) is 0 Å². The number of rotatable bonds is 7. The number of likely N-dealkylation sites (N-methyl/N-ethyl adjacent to an activating group) is 1. The van der Waals surface area contributed by atoms with Gasteiger partial charge in [0.15, 0.2) is 6.04 Å². The van der Waals surface area contributed by atoms with Gasteiger partial charge in [-0.1, -0.05) is 30.3 Å². The van der Waals surface area contributed by atoms with E-state index in [9.17, 15) is 26.0 Å². The van der Waals surface area contributed by atoms with Crippen LogP contribution in [0.25, 0.3) is 5.57 Å². The van der Waals surface area contributed by atoms with E-state index in [1.165, 1.54) is 43.3 Å². The van der Waals surface area contributed by atoms with Gasteiger partial charge in [0.25, 0.3) is 10.0 Å². The molecule has 0 fully saturated rings. The van der Waals surface area contributed by atoms with E-state index in [4.69, 9.17) is 0 Å². The lowest BCUT2D eigenvalue weighted by Crippen LogP contribution is -2.48. The van der Waals surface area contributed by atoms with Crippen LogP contribution >= 0.6 is 0 Å². The van der Waals surface area contributed by atoms with Gasteiger partial charge < -0.3 is 4.90 Å². The van der Waals surface area contributed by atoms with E-state index in [1.807, 2.05) is 0 Å². The molecule has 0 amide bonds. The van der Waals surface area contributed by atoms with Gasteiger partial charge in [0.05, 0.1) is 4.90 Å². The van der Waals surface area contributed by atoms with Crippen molar-refractivity contribution in [2.24, 2.45) is 0 Å². The molecule has 2 N–H and O–H groups in total. The van der Waals surface area contributed by atoms with Crippen LogP contribution in [0, 0.1) is 12.7 Å². The molecule has 0 bridgehead atoms. The second-order valence-corrected chi connectivity index (χ2v) is 9.39. The molecule has 0 aliphatic carbocycles. The third kappa shape index (κ3) is 5.22. The van der Waals surface area contributed by atoms with E-state index in [2.05, 4.69) is 10.1 Å². The van der Waals surface area contributed by atoms with Crippen molar-refractivity contribution in [1.82, 2.24) is 20.1 Å². The van der Waals surface area contributed by atoms with Crippen molar-refractivity contribution < 1.29 is 26.0 Å². The fraction of sp³-hybridized carbons (Fsp3) is 0.333. The molecule has 0 saturated heterocycles. The van der Waals surface area contributed by atoms with Gasteiger partial charge in [-0.3, -0.25) is 9.73 Å². The van der Waals surface area contributed by atoms with Crippen molar-refractivity contribution in [3.63, 3.8) is 0 Å². The highest BCUT2D eigenvalue weighted by Crippen LogP contribution is 2.38. The Balaban J connectivity index is 2.17. The molecular formula is C21H24F4N4O2S. The second kappa shape index (κ2) is 9.08. The van der Waals surface area contributed by atoms with Crippen LogP contribution in [0.5, 0.6) is 0 Å². The van der Waals surface area contributed by atoms with E-state index < -0.39 is 33.6 Å². The minimum atomic E-state index is -4.76. The number of hydrogen-bond donors (Lipinski definition) is 2. The zero-order valence-electron chi connectivity index (χ0n) is 17.7. The fourth-order valence-corrected chi connectivity index (χ4v) is 4.35. The first kappa shape index (κ1) is 24.0. The van der Waals surface area contributed by atoms with E-state index >= 15 is 0 Å². The van der Waals surface area contributed by atoms with Gasteiger partial charge in [0.1, 0.15) is 11.6 Å². The molecule has 1 aliphatic rings. The Morgan fingerprint density at radius 2 is 1.78 bits per heavy atom. The number of hydrogen-bond acceptors (Lipinski definition) is 5. The number of benzene rings is 2. The first-order chi connectivity index (χ1) is 14.9. The molecule has 2 aromatic carbocycles. The van der Waals surface area contributed by atoms with E-state index in [0.717, 1.165) is 11.1 Å². The normalized spacial score (nSPS) is 17.4. The summed E-state index contributed by atoms with van der Waals surface area (Å²) in [5.74, 6) is -0.978. The number of nitrogens with one attached hydrogen (secondary N) is 2. The van der Waals surface area contributed by atoms with Crippen LogP contribution in [0.15, 0.2) is 59.2 Å². The van der Waals surface area contributed by atoms with Crippen LogP contribution in [0.2, 0.25) is 0 Å². The summed E-state index contributed by atoms with van der Waals surface area (Å²) in [7, 11) is -0.725. The van der Waals surface area contributed by atoms with Crippen LogP contribution in [0.4, 0.5) is 17.6 Å². The number of nitrogens with zero attached hydrogens (tertiary/aromatic N) is 2. The molecule has 0 aromatic heterocycles. The van der Waals surface area contributed by atoms with Crippen LogP contribution in [-0.2, 0) is 10.0 Å². The van der Waals surface area contributed by atoms with Crippen molar-refractivity contribution in [1.29, 1.82) is 0 Å². The van der Waals surface area contributed by atoms with Gasteiger partial charge in [0.2, 0.25) is 0 Å². The predicted molar refractivity (Wildman–Crippen MR) is 113 cm³/mol. The first-order valence-electron chi connectivity index (χ1n) is 9.74. The summed E-state index contributed by atoms with van der Waals surface area (Å²) in [6, 6.07) is 8.78. The van der Waals surface area contributed by atoms with Crippen LogP contribution in [0.1, 0.15) is 11.1 Å². The van der Waals surface area contributed by atoms with E-state index in [-0.39, 0.29) is 28.4 Å². The summed E-state index contributed by atoms with van der Waals surface area (Å²) >= 11 is 0. The average Bonchev–Trinajstić information content (AvgIpc) is 3.07. The molecule has 0 spiro atoms. The van der Waals surface area contributed by atoms with Gasteiger partial charge >= 0.3 is 6.18 Å². The molecule has 1 atom stereocenters. The highest BCUT2D eigenvalue weighted by atomic mass is 32.2. The number of sulfonamides is 1. The second-order valence-electron chi connectivity index (χ2n) is 7.70. The molecule has 1 heterocycles. The Morgan fingerprint density at radius 1 is 1.12 bits per heavy atom. The molecule has 1 unspecified atom stereocenters. The fourth-order valence-electron chi connectivity index (χ4n) is 3.24. The Labute approximate surface area is 184 Å². The molecular weight excluding hydrogens is 448 g/mol. The number of alkyl halides is 3. The van der Waals surface area contributed by atoms with Gasteiger partial charge in [-0.2, -0.15) is 13.2 Å². The Kier molecular flexibility index (Phi) is 6.82. The lowest BCUT2D eigenvalue weighted by atomic mass is 9.98. The quantitative estimate of drug-likeness (QED) is 0.607. The monoisotopic (exact) mass is 472 g/mol. The van der Waals surface area contributed by atoms with Crippen LogP contribution in [0.3, 0.4) is 0 Å². The Hall–Kier alpha value is -2.63. The Bertz CT molecular complexity index is 1100. The smallest absolute Gasteiger partial charge is 0.308 e. The molecule has 0 radical (unpaired) electrons. The lowest BCUT2D eigenvalue weighted by Gasteiger charge is -2.26. The highest BCUT2D eigenvalue weighted by molar-refractivity contribution is 7.89. The maximum Gasteiger partial charge on any atom is 0.409 e. The minimum absolute atomic E-state index is 0.0457. The van der Waals surface area contributed by atoms with Gasteiger partial charge in [-0.05, 0) is 50.3 Å². The largest absolute Gasteiger partial charge is 0.409 e. The Morgan fingerprint density at radius 3 is 2.34 bits per heavy atom. The average molecular weight is 473 g/mol. The number of hydrazine groups is 1. The van der Waals surface area contributed by atoms with E-state index in [1.54, 1.807) is 25.1 Å². The zero-order chi connectivity index (χ0) is 23.7. The van der Waals surface area contributed by atoms with Crippen molar-refractivity contribution in [2.75, 3.05) is 27.2 Å². The molecule has 174 valence electrons. The molecule has 11 heteroatoms. The summed E-state index contributed by atoms with van der Waals surface area (Å²) in [4.78, 5) is 1.64. The maximum atomic E-state index is 14.3. The minimum Gasteiger partial charge on any atom is -0.308 e. The summed E-state index contributed by atoms with van der Waals surface area (Å²) in [6.07, 6.45) is -4.76. The van der Waals surface area contributed by atoms with Crippen molar-refractivity contribution >= 4 is 15.6 Å². The third-order valence-corrected chi connectivity index (χ3v) is 6.32. The molecule has 6 nitrogen and oxygen atoms in total. The van der Waals surface area contributed by atoms with E-state index in [0.29, 0.717) is 6.54 Å². The topological polar surface area (TPSA) is 64.7 Å². The highest BCUT2D eigenvalue weighted by Gasteiger charge is 2.49. The van der Waals surface area contributed by atoms with Gasteiger partial charge in [0, 0.05) is 18.7 Å². The molecule has 0 saturated carbocycles. The summed E-state index contributed by atoms with van der Waals surface area (Å²) in [5.41, 5.74) is 2.15. The third-order valence-electron chi connectivity index (χ3n) is 4.96. The summed E-state index contributed by atoms with van der Waals surface area (Å²) in [5, 5.41) is 1.12. The first-order valence-corrected chi connectivity index (χ1v) is 11.2. The maximum absolute atomic E-state index is 14.3. The number of aryl methyl sites for hydroxylation is 1. The van der Waals surface area contributed by atoms with Gasteiger partial charge in [-0.25, -0.2) is 18.2 Å². The predicted octanol–water partition coefficient (Wildman–Crippen LogP) is 3.09. The van der Waals surface area contributed by atoms with Crippen LogP contribution in [-0.4, -0.2) is 57.7 Å². The molecule has 1 aliphatic heterocycles. The van der Waals surface area contributed by atoms with Crippen molar-refractivity contribution in [3.8, 4) is 0 Å². The standard InChI is InChI=1S/C21H24F4N4O2S/c1-14-9-10-15(13-17(14)22)18-19(21(23,24)25)26-29(12-11-28(2)3)20(18)27-32(30,31)16-7-5-4-6-8-16/h4-10,13,19,26-27H,11-12H2,1-3H3. The van der Waals surface area contributed by atoms with Crippen molar-refractivity contribution in [3.05, 3.63) is 71.3 Å². The van der Waals surface area contributed by atoms with Crippen molar-refractivity contribution in [2.45, 2.75) is 24.0 Å². The summed E-state index contributed by atoms with van der Waals surface area (Å²) in [6.45, 7) is 1.87. The molecule has 32 heavy (non-hydrogen) atoms. The number of halogens is 4. The SMILES string of the molecule is Cc1ccc(C2=C(NS(=O)(=O)c3ccccc3)N(CCN(C)C)NC2C(F)(F)F)cc1F. The zero-order valence-corrected chi connectivity index (χ0v) is 18.6. The molecule has 3 rings (SSSR count). The molecule has 2 aromatic rings. The summed E-state index contributed by atoms with van der Waals surface area (Å²) < 4.78 is 84.4. The van der Waals surface area contributed by atoms with Crippen LogP contribution < -0.4 is 10.1 Å².